The van der Waals surface area contributed by atoms with Gasteiger partial charge < -0.3 is 119 Å². The van der Waals surface area contributed by atoms with E-state index in [1.54, 1.807) is 0 Å². The molecule has 0 saturated carbocycles. The van der Waals surface area contributed by atoms with Crippen LogP contribution < -0.4 is 4.74 Å². The van der Waals surface area contributed by atoms with E-state index >= 15 is 0 Å². The van der Waals surface area contributed by atoms with Gasteiger partial charge in [-0.15, -0.1) is 0 Å². The fourth-order valence-electron chi connectivity index (χ4n) is 7.52. The van der Waals surface area contributed by atoms with E-state index in [9.17, 15) is 76.3 Å². The van der Waals surface area contributed by atoms with Crippen LogP contribution in [0.25, 0.3) is 6.08 Å². The Kier molecular flexibility index (Phi) is 17.9. The van der Waals surface area contributed by atoms with Gasteiger partial charge >= 0.3 is 5.97 Å². The number of benzene rings is 2. The highest BCUT2D eigenvalue weighted by Crippen LogP contribution is 2.36. The van der Waals surface area contributed by atoms with Crippen molar-refractivity contribution in [2.75, 3.05) is 40.1 Å². The molecule has 4 heterocycles. The van der Waals surface area contributed by atoms with Gasteiger partial charge in [0, 0.05) is 6.08 Å². The van der Waals surface area contributed by atoms with Crippen molar-refractivity contribution in [2.45, 2.75) is 123 Å². The molecule has 14 N–H and O–H groups in total. The molecule has 0 aromatic heterocycles. The van der Waals surface area contributed by atoms with E-state index in [0.29, 0.717) is 11.1 Å². The number of rotatable bonds is 17. The van der Waals surface area contributed by atoms with Gasteiger partial charge in [-0.05, 0) is 47.9 Å². The first kappa shape index (κ1) is 51.5. The van der Waals surface area contributed by atoms with E-state index in [4.69, 9.17) is 47.4 Å². The fourth-order valence-corrected chi connectivity index (χ4v) is 7.52. The summed E-state index contributed by atoms with van der Waals surface area (Å²) in [4.78, 5) is 13.8. The monoisotopic (exact) mass is 948 g/mol. The summed E-state index contributed by atoms with van der Waals surface area (Å²) in [6.07, 6.45) is -32.4. The molecule has 6 rings (SSSR count). The molecule has 0 amide bonds. The smallest absolute Gasteiger partial charge is 0.331 e. The lowest BCUT2D eigenvalue weighted by atomic mass is 9.96. The Balaban J connectivity index is 1.41. The third-order valence-corrected chi connectivity index (χ3v) is 11.3. The zero-order chi connectivity index (χ0) is 48.0. The Labute approximate surface area is 375 Å². The predicted octanol–water partition coefficient (Wildman–Crippen LogP) is -5.45. The second-order valence-electron chi connectivity index (χ2n) is 15.8. The number of ether oxygens (including phenoxy) is 10. The summed E-state index contributed by atoms with van der Waals surface area (Å²) in [7, 11) is 1.30. The quantitative estimate of drug-likeness (QED) is 0.0400. The van der Waals surface area contributed by atoms with Crippen LogP contribution in [0.2, 0.25) is 0 Å². The van der Waals surface area contributed by atoms with Crippen molar-refractivity contribution in [2.24, 2.45) is 0 Å². The van der Waals surface area contributed by atoms with Crippen LogP contribution in [0.3, 0.4) is 0 Å². The number of aromatic hydroxyl groups is 3. The average Bonchev–Trinajstić information content (AvgIpc) is 3.30. The summed E-state index contributed by atoms with van der Waals surface area (Å²) in [6.45, 7) is -3.40. The first-order chi connectivity index (χ1) is 31.4. The molecule has 0 radical (unpaired) electrons. The summed E-state index contributed by atoms with van der Waals surface area (Å²) < 4.78 is 58.4. The molecule has 4 fully saturated rings. The Bertz CT molecular complexity index is 1900. The lowest BCUT2D eigenvalue weighted by Crippen LogP contribution is -2.67. The van der Waals surface area contributed by atoms with Crippen molar-refractivity contribution in [3.63, 3.8) is 0 Å². The van der Waals surface area contributed by atoms with Gasteiger partial charge in [-0.25, -0.2) is 4.79 Å². The number of hydrogen-bond acceptors (Lipinski definition) is 25. The zero-order valence-corrected chi connectivity index (χ0v) is 35.1. The summed E-state index contributed by atoms with van der Waals surface area (Å²) in [5.41, 5.74) is 0.766. The molecule has 2 aromatic rings. The second-order valence-corrected chi connectivity index (χ2v) is 15.8. The van der Waals surface area contributed by atoms with Gasteiger partial charge in [0.1, 0.15) is 85.5 Å². The molecule has 4 aliphatic heterocycles. The normalized spacial score (nSPS) is 38.6. The van der Waals surface area contributed by atoms with Crippen LogP contribution in [-0.4, -0.2) is 234 Å². The number of phenols is 3. The maximum Gasteiger partial charge on any atom is 0.331 e. The number of aliphatic hydroxyl groups excluding tert-OH is 11. The van der Waals surface area contributed by atoms with Gasteiger partial charge in [-0.3, -0.25) is 0 Å². The van der Waals surface area contributed by atoms with E-state index in [-0.39, 0.29) is 24.5 Å². The molecule has 2 aromatic carbocycles. The average molecular weight is 949 g/mol. The van der Waals surface area contributed by atoms with Crippen LogP contribution in [0.4, 0.5) is 0 Å². The van der Waals surface area contributed by atoms with Gasteiger partial charge in [-0.2, -0.15) is 0 Å². The lowest BCUT2D eigenvalue weighted by molar-refractivity contribution is -0.390. The van der Waals surface area contributed by atoms with E-state index < -0.39 is 161 Å². The molecular formula is C41H56O25. The Morgan fingerprint density at radius 2 is 1.24 bits per heavy atom. The molecule has 370 valence electrons. The number of aliphatic hydroxyl groups is 11. The first-order valence-electron chi connectivity index (χ1n) is 20.7. The molecule has 66 heavy (non-hydrogen) atoms. The molecule has 25 heteroatoms. The summed E-state index contributed by atoms with van der Waals surface area (Å²) >= 11 is 0. The van der Waals surface area contributed by atoms with Gasteiger partial charge in [0.2, 0.25) is 0 Å². The summed E-state index contributed by atoms with van der Waals surface area (Å²) in [6, 6.07) is 8.04. The number of carbonyl (C=O) groups is 1. The molecular weight excluding hydrogens is 892 g/mol. The standard InChI is InChI=1S/C41H56O25/c1-57-22-11-16(3-6-19(22)45)4-7-26(48)64-35-25(15-60-38-33(55)30(52)28(50)23(12-42)61-38)63-41(58-9-8-17-2-5-18(44)20(46)10-17)37(66-39-32(54)27(49)21(47)14-59-39)36(35)65-40-34(56)31(53)29(51)24(13-43)62-40/h2-7,10-11,21,23-25,27-47,49-56H,8-9,12-15H2,1H3. The molecule has 19 unspecified atom stereocenters. The van der Waals surface area contributed by atoms with Gasteiger partial charge in [0.25, 0.3) is 0 Å². The van der Waals surface area contributed by atoms with Gasteiger partial charge in [0.05, 0.1) is 40.1 Å². The summed E-state index contributed by atoms with van der Waals surface area (Å²) in [5.74, 6) is -2.15. The molecule has 0 spiro atoms. The first-order valence-corrected chi connectivity index (χ1v) is 20.7. The molecule has 4 saturated heterocycles. The minimum Gasteiger partial charge on any atom is -0.504 e. The van der Waals surface area contributed by atoms with E-state index in [1.807, 2.05) is 0 Å². The maximum absolute atomic E-state index is 13.8. The van der Waals surface area contributed by atoms with E-state index in [2.05, 4.69) is 0 Å². The van der Waals surface area contributed by atoms with Crippen LogP contribution in [0, 0.1) is 0 Å². The second kappa shape index (κ2) is 22.9. The van der Waals surface area contributed by atoms with Crippen LogP contribution in [0.5, 0.6) is 23.0 Å². The van der Waals surface area contributed by atoms with Crippen molar-refractivity contribution in [1.29, 1.82) is 0 Å². The highest BCUT2D eigenvalue weighted by atomic mass is 16.8. The van der Waals surface area contributed by atoms with Gasteiger partial charge in [-0.1, -0.05) is 12.1 Å². The van der Waals surface area contributed by atoms with Crippen LogP contribution >= 0.6 is 0 Å². The van der Waals surface area contributed by atoms with Crippen molar-refractivity contribution in [1.82, 2.24) is 0 Å². The number of esters is 1. The highest BCUT2D eigenvalue weighted by molar-refractivity contribution is 5.87. The maximum atomic E-state index is 13.8. The summed E-state index contributed by atoms with van der Waals surface area (Å²) in [5, 5.41) is 146. The van der Waals surface area contributed by atoms with Gasteiger partial charge in [0.15, 0.2) is 54.3 Å². The fraction of sp³-hybridized carbons (Fsp3) is 0.634. The topological polar surface area (TPSA) is 393 Å². The Morgan fingerprint density at radius 3 is 1.89 bits per heavy atom. The molecule has 25 nitrogen and oxygen atoms in total. The number of methoxy groups -OCH3 is 1. The minimum absolute atomic E-state index is 0.00338. The molecule has 0 bridgehead atoms. The Morgan fingerprint density at radius 1 is 0.636 bits per heavy atom. The van der Waals surface area contributed by atoms with Crippen molar-refractivity contribution in [3.8, 4) is 23.0 Å². The van der Waals surface area contributed by atoms with Crippen LogP contribution in [0.1, 0.15) is 11.1 Å². The van der Waals surface area contributed by atoms with E-state index in [0.717, 1.165) is 6.08 Å². The zero-order valence-electron chi connectivity index (χ0n) is 35.1. The lowest BCUT2D eigenvalue weighted by Gasteiger charge is -2.49. The molecule has 19 atom stereocenters. The minimum atomic E-state index is -2.09. The number of phenolic OH excluding ortho intramolecular Hbond substituents is 3. The van der Waals surface area contributed by atoms with Crippen molar-refractivity contribution in [3.05, 3.63) is 53.6 Å². The molecule has 0 aliphatic carbocycles. The predicted molar refractivity (Wildman–Crippen MR) is 213 cm³/mol. The molecule has 4 aliphatic rings. The van der Waals surface area contributed by atoms with Crippen LogP contribution in [0.15, 0.2) is 42.5 Å². The number of hydrogen-bond donors (Lipinski definition) is 14. The third kappa shape index (κ3) is 11.8. The SMILES string of the molecule is COc1cc(C=CC(=O)OC2C(COC3OC(CO)C(O)C(O)C3O)OC(OCCc3ccc(O)c(O)c3)C(OC3OCC(O)C(O)C3O)C2OC2OC(CO)C(O)C(O)C2O)ccc1O. The highest BCUT2D eigenvalue weighted by Gasteiger charge is 2.56. The van der Waals surface area contributed by atoms with Crippen molar-refractivity contribution >= 4 is 12.0 Å². The number of carbonyl (C=O) groups excluding carboxylic acids is 1. The van der Waals surface area contributed by atoms with Crippen LogP contribution in [-0.2, 0) is 53.8 Å². The largest absolute Gasteiger partial charge is 0.504 e. The third-order valence-electron chi connectivity index (χ3n) is 11.3. The van der Waals surface area contributed by atoms with Crippen molar-refractivity contribution < 1.29 is 124 Å². The van der Waals surface area contributed by atoms with E-state index in [1.165, 1.54) is 49.6 Å². The Hall–Kier alpha value is -3.91.